The largest absolute Gasteiger partial charge is 0.381 e. The van der Waals surface area contributed by atoms with Gasteiger partial charge in [0.15, 0.2) is 0 Å². The lowest BCUT2D eigenvalue weighted by Gasteiger charge is -2.16. The van der Waals surface area contributed by atoms with Crippen LogP contribution in [0.1, 0.15) is 24.5 Å². The van der Waals surface area contributed by atoms with Gasteiger partial charge in [-0.3, -0.25) is 5.10 Å². The first-order chi connectivity index (χ1) is 10.2. The number of aromatic amines is 1. The lowest BCUT2D eigenvalue weighted by Crippen LogP contribution is -2.16. The Morgan fingerprint density at radius 2 is 2.05 bits per heavy atom. The molecule has 0 spiro atoms. The molecule has 3 rings (SSSR count). The van der Waals surface area contributed by atoms with Gasteiger partial charge in [-0.15, -0.1) is 0 Å². The maximum absolute atomic E-state index is 4.11. The molecular formula is C18H21N3. The van der Waals surface area contributed by atoms with Crippen molar-refractivity contribution in [2.75, 3.05) is 5.32 Å². The molecule has 21 heavy (non-hydrogen) atoms. The van der Waals surface area contributed by atoms with Gasteiger partial charge in [0, 0.05) is 11.4 Å². The smallest absolute Gasteiger partial charge is 0.0881 e. The second-order valence-electron chi connectivity index (χ2n) is 5.71. The molecule has 0 saturated carbocycles. The standard InChI is InChI=1S/C18H21N3/c1-13-5-3-6-15(11-13)10-9-14(2)20-17-8-4-7-16-12-19-21-18(16)17/h3-8,11-12,14,20H,9-10H2,1-2H3,(H,19,21). The van der Waals surface area contributed by atoms with E-state index in [1.165, 1.54) is 11.1 Å². The molecule has 0 aliphatic carbocycles. The van der Waals surface area contributed by atoms with E-state index in [0.717, 1.165) is 29.4 Å². The molecule has 0 fully saturated rings. The molecule has 0 amide bonds. The number of aryl methyl sites for hydroxylation is 2. The first-order valence-corrected chi connectivity index (χ1v) is 7.46. The Morgan fingerprint density at radius 1 is 1.19 bits per heavy atom. The Morgan fingerprint density at radius 3 is 2.90 bits per heavy atom. The third-order valence-electron chi connectivity index (χ3n) is 3.83. The fourth-order valence-corrected chi connectivity index (χ4v) is 2.68. The van der Waals surface area contributed by atoms with Crippen molar-refractivity contribution in [2.24, 2.45) is 0 Å². The van der Waals surface area contributed by atoms with Crippen LogP contribution in [0.5, 0.6) is 0 Å². The van der Waals surface area contributed by atoms with Crippen molar-refractivity contribution < 1.29 is 0 Å². The monoisotopic (exact) mass is 279 g/mol. The number of nitrogens with zero attached hydrogens (tertiary/aromatic N) is 1. The summed E-state index contributed by atoms with van der Waals surface area (Å²) >= 11 is 0. The van der Waals surface area contributed by atoms with Crippen molar-refractivity contribution in [3.63, 3.8) is 0 Å². The average molecular weight is 279 g/mol. The maximum atomic E-state index is 4.11. The van der Waals surface area contributed by atoms with E-state index in [2.05, 4.69) is 71.8 Å². The summed E-state index contributed by atoms with van der Waals surface area (Å²) in [4.78, 5) is 0. The number of H-pyrrole nitrogens is 1. The van der Waals surface area contributed by atoms with Crippen LogP contribution in [-0.2, 0) is 6.42 Å². The predicted octanol–water partition coefficient (Wildman–Crippen LogP) is 4.30. The van der Waals surface area contributed by atoms with Crippen LogP contribution in [0.4, 0.5) is 5.69 Å². The Bertz CT molecular complexity index is 730. The molecule has 0 aliphatic heterocycles. The molecule has 0 radical (unpaired) electrons. The summed E-state index contributed by atoms with van der Waals surface area (Å²) in [6.07, 6.45) is 4.06. The topological polar surface area (TPSA) is 40.7 Å². The van der Waals surface area contributed by atoms with Crippen molar-refractivity contribution in [3.8, 4) is 0 Å². The molecule has 1 atom stereocenters. The Kier molecular flexibility index (Phi) is 3.91. The number of rotatable bonds is 5. The predicted molar refractivity (Wildman–Crippen MR) is 88.7 cm³/mol. The van der Waals surface area contributed by atoms with Crippen LogP contribution in [0.3, 0.4) is 0 Å². The van der Waals surface area contributed by atoms with Crippen LogP contribution in [0.25, 0.3) is 10.9 Å². The highest BCUT2D eigenvalue weighted by Crippen LogP contribution is 2.22. The van der Waals surface area contributed by atoms with E-state index in [-0.39, 0.29) is 0 Å². The highest BCUT2D eigenvalue weighted by Gasteiger charge is 2.07. The minimum absolute atomic E-state index is 0.416. The number of nitrogens with one attached hydrogen (secondary N) is 2. The molecule has 2 aromatic carbocycles. The van der Waals surface area contributed by atoms with Gasteiger partial charge in [-0.25, -0.2) is 0 Å². The lowest BCUT2D eigenvalue weighted by molar-refractivity contribution is 0.706. The number of hydrogen-bond acceptors (Lipinski definition) is 2. The summed E-state index contributed by atoms with van der Waals surface area (Å²) in [5.41, 5.74) is 4.94. The summed E-state index contributed by atoms with van der Waals surface area (Å²) in [6.45, 7) is 4.37. The molecule has 3 heteroatoms. The molecule has 1 heterocycles. The van der Waals surface area contributed by atoms with Gasteiger partial charge in [-0.05, 0) is 38.3 Å². The number of aromatic nitrogens is 2. The van der Waals surface area contributed by atoms with Crippen molar-refractivity contribution in [1.29, 1.82) is 0 Å². The third kappa shape index (κ3) is 3.24. The van der Waals surface area contributed by atoms with Gasteiger partial charge >= 0.3 is 0 Å². The van der Waals surface area contributed by atoms with Gasteiger partial charge in [0.25, 0.3) is 0 Å². The number of fused-ring (bicyclic) bond motifs is 1. The van der Waals surface area contributed by atoms with Gasteiger partial charge < -0.3 is 5.32 Å². The molecule has 0 bridgehead atoms. The second kappa shape index (κ2) is 6.00. The highest BCUT2D eigenvalue weighted by atomic mass is 15.1. The van der Waals surface area contributed by atoms with E-state index >= 15 is 0 Å². The van der Waals surface area contributed by atoms with Gasteiger partial charge in [0.2, 0.25) is 0 Å². The van der Waals surface area contributed by atoms with E-state index in [4.69, 9.17) is 0 Å². The van der Waals surface area contributed by atoms with Gasteiger partial charge in [-0.2, -0.15) is 5.10 Å². The van der Waals surface area contributed by atoms with Gasteiger partial charge in [0.1, 0.15) is 0 Å². The summed E-state index contributed by atoms with van der Waals surface area (Å²) in [7, 11) is 0. The van der Waals surface area contributed by atoms with Crippen LogP contribution in [0.15, 0.2) is 48.7 Å². The Hall–Kier alpha value is -2.29. The normalized spacial score (nSPS) is 12.5. The van der Waals surface area contributed by atoms with Gasteiger partial charge in [-0.1, -0.05) is 42.0 Å². The molecule has 3 nitrogen and oxygen atoms in total. The summed E-state index contributed by atoms with van der Waals surface area (Å²) in [5, 5.41) is 11.9. The van der Waals surface area contributed by atoms with Crippen LogP contribution in [0, 0.1) is 6.92 Å². The van der Waals surface area contributed by atoms with Crippen LogP contribution in [-0.4, -0.2) is 16.2 Å². The maximum Gasteiger partial charge on any atom is 0.0881 e. The zero-order valence-electron chi connectivity index (χ0n) is 12.6. The number of hydrogen-bond donors (Lipinski definition) is 2. The quantitative estimate of drug-likeness (QED) is 0.731. The van der Waals surface area contributed by atoms with E-state index in [9.17, 15) is 0 Å². The zero-order valence-corrected chi connectivity index (χ0v) is 12.6. The first kappa shape index (κ1) is 13.7. The Labute approximate surface area is 125 Å². The van der Waals surface area contributed by atoms with E-state index in [0.29, 0.717) is 6.04 Å². The van der Waals surface area contributed by atoms with Crippen LogP contribution in [0.2, 0.25) is 0 Å². The van der Waals surface area contributed by atoms with Crippen molar-refractivity contribution in [2.45, 2.75) is 32.7 Å². The lowest BCUT2D eigenvalue weighted by atomic mass is 10.0. The van der Waals surface area contributed by atoms with Crippen LogP contribution >= 0.6 is 0 Å². The van der Waals surface area contributed by atoms with Crippen LogP contribution < -0.4 is 5.32 Å². The molecule has 0 aliphatic rings. The third-order valence-corrected chi connectivity index (χ3v) is 3.83. The summed E-state index contributed by atoms with van der Waals surface area (Å²) < 4.78 is 0. The number of para-hydroxylation sites is 1. The van der Waals surface area contributed by atoms with Crippen molar-refractivity contribution in [3.05, 3.63) is 59.8 Å². The second-order valence-corrected chi connectivity index (χ2v) is 5.71. The highest BCUT2D eigenvalue weighted by molar-refractivity contribution is 5.89. The van der Waals surface area contributed by atoms with E-state index in [1.807, 2.05) is 6.20 Å². The summed E-state index contributed by atoms with van der Waals surface area (Å²) in [6, 6.07) is 15.4. The molecule has 0 saturated heterocycles. The molecule has 2 N–H and O–H groups in total. The van der Waals surface area contributed by atoms with Crippen molar-refractivity contribution >= 4 is 16.6 Å². The minimum Gasteiger partial charge on any atom is -0.381 e. The number of benzene rings is 2. The van der Waals surface area contributed by atoms with E-state index in [1.54, 1.807) is 0 Å². The SMILES string of the molecule is Cc1cccc(CCC(C)Nc2cccc3cn[nH]c23)c1. The van der Waals surface area contributed by atoms with E-state index < -0.39 is 0 Å². The fraction of sp³-hybridized carbons (Fsp3) is 0.278. The first-order valence-electron chi connectivity index (χ1n) is 7.46. The molecule has 3 aromatic rings. The van der Waals surface area contributed by atoms with Crippen molar-refractivity contribution in [1.82, 2.24) is 10.2 Å². The average Bonchev–Trinajstić information content (AvgIpc) is 2.95. The Balaban J connectivity index is 1.64. The summed E-state index contributed by atoms with van der Waals surface area (Å²) in [5.74, 6) is 0. The molecule has 1 aromatic heterocycles. The molecule has 108 valence electrons. The van der Waals surface area contributed by atoms with Gasteiger partial charge in [0.05, 0.1) is 17.4 Å². The molecular weight excluding hydrogens is 258 g/mol. The minimum atomic E-state index is 0.416. The molecule has 1 unspecified atom stereocenters. The fourth-order valence-electron chi connectivity index (χ4n) is 2.68. The zero-order chi connectivity index (χ0) is 14.7. The number of anilines is 1.